The molecule has 2 fully saturated rings. The first-order valence-corrected chi connectivity index (χ1v) is 12.6. The van der Waals surface area contributed by atoms with Crippen molar-refractivity contribution in [2.75, 3.05) is 56.6 Å². The van der Waals surface area contributed by atoms with Crippen LogP contribution in [0.3, 0.4) is 0 Å². The lowest BCUT2D eigenvalue weighted by Crippen LogP contribution is -2.57. The molecule has 0 unspecified atom stereocenters. The molecule has 34 heavy (non-hydrogen) atoms. The van der Waals surface area contributed by atoms with Gasteiger partial charge in [-0.15, -0.1) is 0 Å². The molecule has 0 aliphatic carbocycles. The summed E-state index contributed by atoms with van der Waals surface area (Å²) in [6.45, 7) is 11.1. The third-order valence-corrected chi connectivity index (χ3v) is 7.51. The molecule has 3 heterocycles. The zero-order valence-corrected chi connectivity index (χ0v) is 21.2. The molecule has 1 aromatic carbocycles. The van der Waals surface area contributed by atoms with Gasteiger partial charge in [-0.25, -0.2) is 9.97 Å². The minimum atomic E-state index is 0.466. The van der Waals surface area contributed by atoms with Gasteiger partial charge in [0.15, 0.2) is 0 Å². The number of hydrogen-bond acceptors (Lipinski definition) is 7. The summed E-state index contributed by atoms with van der Waals surface area (Å²) in [6, 6.07) is 12.0. The Morgan fingerprint density at radius 3 is 2.18 bits per heavy atom. The van der Waals surface area contributed by atoms with Crippen molar-refractivity contribution in [3.8, 4) is 6.07 Å². The Kier molecular flexibility index (Phi) is 8.02. The van der Waals surface area contributed by atoms with Crippen molar-refractivity contribution in [3.05, 3.63) is 47.8 Å². The smallest absolute Gasteiger partial charge is 0.225 e. The summed E-state index contributed by atoms with van der Waals surface area (Å²) in [7, 11) is 4.18. The Hall–Kier alpha value is -2.69. The normalized spacial score (nSPS) is 22.5. The van der Waals surface area contributed by atoms with Crippen LogP contribution < -0.4 is 9.80 Å². The second-order valence-corrected chi connectivity index (χ2v) is 10.3. The van der Waals surface area contributed by atoms with Gasteiger partial charge in [0.25, 0.3) is 0 Å². The van der Waals surface area contributed by atoms with Crippen molar-refractivity contribution in [2.24, 2.45) is 5.92 Å². The molecule has 0 amide bonds. The van der Waals surface area contributed by atoms with Gasteiger partial charge in [0.05, 0.1) is 18.0 Å². The average molecular weight is 462 g/mol. The fourth-order valence-electron chi connectivity index (χ4n) is 5.43. The summed E-state index contributed by atoms with van der Waals surface area (Å²) in [5.74, 6) is 1.56. The van der Waals surface area contributed by atoms with Crippen molar-refractivity contribution in [2.45, 2.75) is 51.7 Å². The molecule has 182 valence electrons. The number of nitrogens with zero attached hydrogens (tertiary/aromatic N) is 7. The number of piperidine rings is 1. The maximum Gasteiger partial charge on any atom is 0.225 e. The molecule has 0 N–H and O–H groups in total. The number of rotatable bonds is 7. The van der Waals surface area contributed by atoms with Crippen LogP contribution in [0.5, 0.6) is 0 Å². The number of hydrogen-bond donors (Lipinski definition) is 0. The second-order valence-electron chi connectivity index (χ2n) is 10.3. The second kappa shape index (κ2) is 11.2. The first-order valence-electron chi connectivity index (χ1n) is 12.6. The quantitative estimate of drug-likeness (QED) is 0.624. The van der Waals surface area contributed by atoms with Gasteiger partial charge < -0.3 is 9.80 Å². The number of piperazine rings is 1. The molecule has 0 bridgehead atoms. The highest BCUT2D eigenvalue weighted by atomic mass is 15.3. The van der Waals surface area contributed by atoms with E-state index in [4.69, 9.17) is 5.26 Å². The number of nitriles is 1. The molecule has 7 nitrogen and oxygen atoms in total. The van der Waals surface area contributed by atoms with Crippen LogP contribution in [0.25, 0.3) is 0 Å². The van der Waals surface area contributed by atoms with Crippen LogP contribution in [0, 0.1) is 17.2 Å². The van der Waals surface area contributed by atoms with Gasteiger partial charge in [0, 0.05) is 51.5 Å². The molecule has 0 saturated carbocycles. The molecule has 2 aliphatic heterocycles. The summed E-state index contributed by atoms with van der Waals surface area (Å²) in [5, 5.41) is 8.98. The predicted molar refractivity (Wildman–Crippen MR) is 138 cm³/mol. The Morgan fingerprint density at radius 2 is 1.62 bits per heavy atom. The lowest BCUT2D eigenvalue weighted by molar-refractivity contribution is 0.107. The summed E-state index contributed by atoms with van der Waals surface area (Å²) in [5.41, 5.74) is 3.18. The van der Waals surface area contributed by atoms with Gasteiger partial charge in [0.2, 0.25) is 5.95 Å². The fourth-order valence-corrected chi connectivity index (χ4v) is 5.43. The van der Waals surface area contributed by atoms with Gasteiger partial charge in [-0.2, -0.15) is 5.26 Å². The van der Waals surface area contributed by atoms with Crippen molar-refractivity contribution in [3.63, 3.8) is 0 Å². The van der Waals surface area contributed by atoms with E-state index in [1.807, 2.05) is 0 Å². The zero-order chi connectivity index (χ0) is 24.1. The van der Waals surface area contributed by atoms with Crippen LogP contribution in [0.15, 0.2) is 36.7 Å². The summed E-state index contributed by atoms with van der Waals surface area (Å²) >= 11 is 0. The summed E-state index contributed by atoms with van der Waals surface area (Å²) < 4.78 is 0. The van der Waals surface area contributed by atoms with Gasteiger partial charge in [0.1, 0.15) is 6.07 Å². The minimum absolute atomic E-state index is 0.466. The van der Waals surface area contributed by atoms with E-state index in [9.17, 15) is 0 Å². The van der Waals surface area contributed by atoms with E-state index in [1.54, 1.807) is 12.4 Å². The highest BCUT2D eigenvalue weighted by Crippen LogP contribution is 2.25. The molecule has 4 rings (SSSR count). The molecule has 2 atom stereocenters. The lowest BCUT2D eigenvalue weighted by Gasteiger charge is -2.45. The topological polar surface area (TPSA) is 62.5 Å². The van der Waals surface area contributed by atoms with E-state index in [0.717, 1.165) is 31.5 Å². The van der Waals surface area contributed by atoms with Crippen LogP contribution in [0.1, 0.15) is 44.2 Å². The number of aromatic nitrogens is 2. The Bertz CT molecular complexity index is 930. The Balaban J connectivity index is 1.21. The van der Waals surface area contributed by atoms with Crippen molar-refractivity contribution >= 4 is 11.6 Å². The molecule has 2 aromatic rings. The minimum Gasteiger partial charge on any atom is -0.378 e. The van der Waals surface area contributed by atoms with E-state index in [1.165, 1.54) is 50.1 Å². The molecule has 2 aliphatic rings. The van der Waals surface area contributed by atoms with Gasteiger partial charge in [-0.3, -0.25) is 9.80 Å². The van der Waals surface area contributed by atoms with E-state index in [2.05, 4.69) is 87.8 Å². The highest BCUT2D eigenvalue weighted by molar-refractivity contribution is 5.46. The Labute approximate surface area is 205 Å². The summed E-state index contributed by atoms with van der Waals surface area (Å²) in [6.07, 6.45) is 7.13. The molecule has 0 spiro atoms. The molecule has 1 aromatic heterocycles. The van der Waals surface area contributed by atoms with Gasteiger partial charge in [-0.05, 0) is 76.4 Å². The first kappa shape index (κ1) is 24.4. The summed E-state index contributed by atoms with van der Waals surface area (Å²) in [4.78, 5) is 18.5. The van der Waals surface area contributed by atoms with E-state index in [0.29, 0.717) is 17.6 Å². The van der Waals surface area contributed by atoms with Crippen molar-refractivity contribution in [1.82, 2.24) is 19.8 Å². The predicted octanol–water partition coefficient (Wildman–Crippen LogP) is 3.62. The van der Waals surface area contributed by atoms with E-state index in [-0.39, 0.29) is 0 Å². The van der Waals surface area contributed by atoms with Crippen LogP contribution in [-0.4, -0.2) is 78.7 Å². The van der Waals surface area contributed by atoms with Crippen molar-refractivity contribution in [1.29, 1.82) is 5.26 Å². The van der Waals surface area contributed by atoms with Crippen LogP contribution in [-0.2, 0) is 6.54 Å². The maximum atomic E-state index is 8.98. The van der Waals surface area contributed by atoms with Crippen LogP contribution >= 0.6 is 0 Å². The monoisotopic (exact) mass is 461 g/mol. The zero-order valence-electron chi connectivity index (χ0n) is 21.2. The number of benzene rings is 1. The third-order valence-electron chi connectivity index (χ3n) is 7.51. The average Bonchev–Trinajstić information content (AvgIpc) is 2.85. The van der Waals surface area contributed by atoms with Crippen LogP contribution in [0.4, 0.5) is 11.6 Å². The molecule has 7 heteroatoms. The molecule has 0 radical (unpaired) electrons. The number of likely N-dealkylation sites (tertiary alicyclic amines) is 1. The van der Waals surface area contributed by atoms with E-state index < -0.39 is 0 Å². The van der Waals surface area contributed by atoms with Gasteiger partial charge in [-0.1, -0.05) is 12.1 Å². The Morgan fingerprint density at radius 1 is 1.00 bits per heavy atom. The SMILES string of the molecule is C[C@@H]1CN(c2ncc(C#N)cn2)C[C@H](C)N1CCC1CCN(Cc2ccc(N(C)C)cc2)CC1. The third kappa shape index (κ3) is 6.05. The standard InChI is InChI=1S/C27H39N7/c1-21-18-33(27-29-16-25(15-28)17-30-27)19-22(2)34(21)14-11-23-9-12-32(13-10-23)20-24-5-7-26(8-6-24)31(3)4/h5-8,16-17,21-23H,9-14,18-20H2,1-4H3/t21-,22+. The van der Waals surface area contributed by atoms with Crippen molar-refractivity contribution < 1.29 is 0 Å². The van der Waals surface area contributed by atoms with Crippen LogP contribution in [0.2, 0.25) is 0 Å². The first-order chi connectivity index (χ1) is 16.4. The maximum absolute atomic E-state index is 8.98. The number of anilines is 2. The van der Waals surface area contributed by atoms with Gasteiger partial charge >= 0.3 is 0 Å². The fraction of sp³-hybridized carbons (Fsp3) is 0.593. The molecular formula is C27H39N7. The van der Waals surface area contributed by atoms with E-state index >= 15 is 0 Å². The molecule has 2 saturated heterocycles. The lowest BCUT2D eigenvalue weighted by atomic mass is 9.92. The largest absolute Gasteiger partial charge is 0.378 e. The molecular weight excluding hydrogens is 422 g/mol. The highest BCUT2D eigenvalue weighted by Gasteiger charge is 2.31.